The highest BCUT2D eigenvalue weighted by Gasteiger charge is 2.12. The lowest BCUT2D eigenvalue weighted by Crippen LogP contribution is -2.04. The predicted molar refractivity (Wildman–Crippen MR) is 70.5 cm³/mol. The minimum absolute atomic E-state index is 0.0649. The molecule has 0 spiro atoms. The number of benzene rings is 2. The highest BCUT2D eigenvalue weighted by atomic mass is 19.1. The Labute approximate surface area is 106 Å². The smallest absolute Gasteiger partial charge is 0.193 e. The van der Waals surface area contributed by atoms with Gasteiger partial charge in [-0.25, -0.2) is 4.39 Å². The summed E-state index contributed by atoms with van der Waals surface area (Å²) in [4.78, 5) is 12.3. The zero-order valence-corrected chi connectivity index (χ0v) is 10.8. The van der Waals surface area contributed by atoms with Crippen LogP contribution in [0.4, 0.5) is 4.39 Å². The number of rotatable bonds is 2. The summed E-state index contributed by atoms with van der Waals surface area (Å²) in [6, 6.07) is 10.6. The quantitative estimate of drug-likeness (QED) is 0.728. The molecule has 2 rings (SSSR count). The molecule has 0 bridgehead atoms. The van der Waals surface area contributed by atoms with E-state index < -0.39 is 0 Å². The van der Waals surface area contributed by atoms with Gasteiger partial charge in [-0.3, -0.25) is 4.79 Å². The molecule has 0 aromatic heterocycles. The molecule has 0 unspecified atom stereocenters. The first-order valence-electron chi connectivity index (χ1n) is 5.87. The third-order valence-electron chi connectivity index (χ3n) is 2.98. The van der Waals surface area contributed by atoms with Crippen molar-refractivity contribution in [3.63, 3.8) is 0 Å². The molecule has 1 nitrogen and oxygen atoms in total. The normalized spacial score (nSPS) is 10.4. The Morgan fingerprint density at radius 2 is 1.56 bits per heavy atom. The fourth-order valence-corrected chi connectivity index (χ4v) is 2.03. The van der Waals surface area contributed by atoms with Gasteiger partial charge in [-0.05, 0) is 50.1 Å². The molecule has 2 aromatic carbocycles. The van der Waals surface area contributed by atoms with Gasteiger partial charge in [0.05, 0.1) is 0 Å². The third kappa shape index (κ3) is 2.33. The summed E-state index contributed by atoms with van der Waals surface area (Å²) in [6.45, 7) is 5.29. The van der Waals surface area contributed by atoms with Crippen molar-refractivity contribution in [2.24, 2.45) is 0 Å². The van der Waals surface area contributed by atoms with Crippen LogP contribution in [0.15, 0.2) is 36.4 Å². The number of carbonyl (C=O) groups excluding carboxylic acids is 1. The van der Waals surface area contributed by atoms with Crippen LogP contribution in [0.5, 0.6) is 0 Å². The topological polar surface area (TPSA) is 17.1 Å². The van der Waals surface area contributed by atoms with Crippen LogP contribution in [0.3, 0.4) is 0 Å². The van der Waals surface area contributed by atoms with E-state index in [2.05, 4.69) is 0 Å². The summed E-state index contributed by atoms with van der Waals surface area (Å²) in [7, 11) is 0. The predicted octanol–water partition coefficient (Wildman–Crippen LogP) is 3.98. The zero-order valence-electron chi connectivity index (χ0n) is 10.8. The highest BCUT2D eigenvalue weighted by Crippen LogP contribution is 2.18. The monoisotopic (exact) mass is 242 g/mol. The van der Waals surface area contributed by atoms with Gasteiger partial charge in [0.15, 0.2) is 5.78 Å². The number of hydrogen-bond acceptors (Lipinski definition) is 1. The average Bonchev–Trinajstić information content (AvgIpc) is 2.34. The van der Waals surface area contributed by atoms with Crippen LogP contribution in [0, 0.1) is 26.6 Å². The Morgan fingerprint density at radius 3 is 2.11 bits per heavy atom. The standard InChI is InChI=1S/C16H15FO/c1-10-5-4-6-13(7-10)16(18)14-8-11(2)15(17)12(3)9-14/h4-9H,1-3H3. The first-order chi connectivity index (χ1) is 8.49. The van der Waals surface area contributed by atoms with Gasteiger partial charge in [0.1, 0.15) is 5.82 Å². The second-order valence-corrected chi connectivity index (χ2v) is 4.62. The van der Waals surface area contributed by atoms with Crippen molar-refractivity contribution in [2.45, 2.75) is 20.8 Å². The third-order valence-corrected chi connectivity index (χ3v) is 2.98. The van der Waals surface area contributed by atoms with Crippen molar-refractivity contribution in [1.82, 2.24) is 0 Å². The highest BCUT2D eigenvalue weighted by molar-refractivity contribution is 6.09. The minimum Gasteiger partial charge on any atom is -0.289 e. The van der Waals surface area contributed by atoms with Gasteiger partial charge in [0, 0.05) is 11.1 Å². The van der Waals surface area contributed by atoms with Crippen molar-refractivity contribution < 1.29 is 9.18 Å². The molecular formula is C16H15FO. The Kier molecular flexibility index (Phi) is 3.28. The van der Waals surface area contributed by atoms with Gasteiger partial charge in [-0.15, -0.1) is 0 Å². The van der Waals surface area contributed by atoms with Gasteiger partial charge < -0.3 is 0 Å². The van der Waals surface area contributed by atoms with Crippen LogP contribution < -0.4 is 0 Å². The van der Waals surface area contributed by atoms with Gasteiger partial charge >= 0.3 is 0 Å². The van der Waals surface area contributed by atoms with Gasteiger partial charge in [0.2, 0.25) is 0 Å². The SMILES string of the molecule is Cc1cccc(C(=O)c2cc(C)c(F)c(C)c2)c1. The molecule has 18 heavy (non-hydrogen) atoms. The van der Waals surface area contributed by atoms with E-state index in [1.807, 2.05) is 25.1 Å². The first kappa shape index (κ1) is 12.5. The van der Waals surface area contributed by atoms with E-state index in [0.29, 0.717) is 22.3 Å². The van der Waals surface area contributed by atoms with Crippen LogP contribution in [0.2, 0.25) is 0 Å². The molecular weight excluding hydrogens is 227 g/mol. The van der Waals surface area contributed by atoms with E-state index in [-0.39, 0.29) is 11.6 Å². The van der Waals surface area contributed by atoms with E-state index in [0.717, 1.165) is 5.56 Å². The van der Waals surface area contributed by atoms with Crippen LogP contribution in [0.25, 0.3) is 0 Å². The summed E-state index contributed by atoms with van der Waals surface area (Å²) >= 11 is 0. The lowest BCUT2D eigenvalue weighted by atomic mass is 9.98. The van der Waals surface area contributed by atoms with E-state index >= 15 is 0 Å². The minimum atomic E-state index is -0.240. The molecule has 2 aromatic rings. The average molecular weight is 242 g/mol. The van der Waals surface area contributed by atoms with Crippen LogP contribution in [-0.4, -0.2) is 5.78 Å². The lowest BCUT2D eigenvalue weighted by Gasteiger charge is -2.06. The van der Waals surface area contributed by atoms with E-state index in [4.69, 9.17) is 0 Å². The van der Waals surface area contributed by atoms with Crippen molar-refractivity contribution in [2.75, 3.05) is 0 Å². The summed E-state index contributed by atoms with van der Waals surface area (Å²) in [5.74, 6) is -0.305. The molecule has 0 atom stereocenters. The summed E-state index contributed by atoms with van der Waals surface area (Å²) in [6.07, 6.45) is 0. The van der Waals surface area contributed by atoms with E-state index in [1.54, 1.807) is 32.0 Å². The Hall–Kier alpha value is -1.96. The number of halogens is 1. The van der Waals surface area contributed by atoms with Crippen molar-refractivity contribution >= 4 is 5.78 Å². The van der Waals surface area contributed by atoms with Gasteiger partial charge in [-0.1, -0.05) is 23.8 Å². The maximum absolute atomic E-state index is 13.5. The molecule has 0 saturated heterocycles. The number of carbonyl (C=O) groups is 1. The molecule has 0 heterocycles. The second kappa shape index (κ2) is 4.73. The molecule has 0 amide bonds. The Morgan fingerprint density at radius 1 is 0.944 bits per heavy atom. The molecule has 0 aliphatic carbocycles. The molecule has 0 aliphatic heterocycles. The van der Waals surface area contributed by atoms with Crippen LogP contribution in [0.1, 0.15) is 32.6 Å². The molecule has 0 aliphatic rings. The summed E-state index contributed by atoms with van der Waals surface area (Å²) in [5, 5.41) is 0. The molecule has 0 saturated carbocycles. The zero-order chi connectivity index (χ0) is 13.3. The van der Waals surface area contributed by atoms with Gasteiger partial charge in [0.25, 0.3) is 0 Å². The van der Waals surface area contributed by atoms with Gasteiger partial charge in [-0.2, -0.15) is 0 Å². The molecule has 0 fully saturated rings. The van der Waals surface area contributed by atoms with E-state index in [1.165, 1.54) is 0 Å². The molecule has 2 heteroatoms. The maximum Gasteiger partial charge on any atom is 0.193 e. The van der Waals surface area contributed by atoms with Crippen LogP contribution in [-0.2, 0) is 0 Å². The van der Waals surface area contributed by atoms with Crippen molar-refractivity contribution in [3.8, 4) is 0 Å². The number of aryl methyl sites for hydroxylation is 3. The molecule has 92 valence electrons. The molecule has 0 radical (unpaired) electrons. The largest absolute Gasteiger partial charge is 0.289 e. The summed E-state index contributed by atoms with van der Waals surface area (Å²) < 4.78 is 13.5. The molecule has 0 N–H and O–H groups in total. The van der Waals surface area contributed by atoms with Crippen molar-refractivity contribution in [1.29, 1.82) is 0 Å². The second-order valence-electron chi connectivity index (χ2n) is 4.62. The Balaban J connectivity index is 2.47. The van der Waals surface area contributed by atoms with E-state index in [9.17, 15) is 9.18 Å². The maximum atomic E-state index is 13.5. The number of ketones is 1. The fraction of sp³-hybridized carbons (Fsp3) is 0.188. The fourth-order valence-electron chi connectivity index (χ4n) is 2.03. The van der Waals surface area contributed by atoms with Crippen molar-refractivity contribution in [3.05, 3.63) is 70.0 Å². The summed E-state index contributed by atoms with van der Waals surface area (Å²) in [5.41, 5.74) is 3.23. The lowest BCUT2D eigenvalue weighted by molar-refractivity contribution is 0.103. The van der Waals surface area contributed by atoms with Crippen LogP contribution >= 0.6 is 0 Å². The Bertz CT molecular complexity index is 591. The number of hydrogen-bond donors (Lipinski definition) is 0. The first-order valence-corrected chi connectivity index (χ1v) is 5.87.